The van der Waals surface area contributed by atoms with Gasteiger partial charge in [0.15, 0.2) is 11.5 Å². The maximum absolute atomic E-state index is 12.7. The molecule has 0 N–H and O–H groups in total. The number of allylic oxidation sites excluding steroid dienone is 1. The smallest absolute Gasteiger partial charge is 0.335 e. The summed E-state index contributed by atoms with van der Waals surface area (Å²) in [6.07, 6.45) is 1.47. The second-order valence-corrected chi connectivity index (χ2v) is 6.15. The fourth-order valence-corrected chi connectivity index (χ4v) is 2.84. The standard InChI is InChI=1S/C20H23NO7/c1-21(2)18(22)13-10-12(28-16-9-7-6-8-15(16)25-3)11-14(19(23)26-4)17(13)20(24)27-5/h6-10,13H,11H2,1-5H3. The Hall–Kier alpha value is -3.29. The van der Waals surface area contributed by atoms with Crippen molar-refractivity contribution in [2.24, 2.45) is 5.92 Å². The number of carbonyl (C=O) groups excluding carboxylic acids is 3. The number of methoxy groups -OCH3 is 3. The fraction of sp³-hybridized carbons (Fsp3) is 0.350. The predicted molar refractivity (Wildman–Crippen MR) is 99.6 cm³/mol. The number of hydrogen-bond donors (Lipinski definition) is 0. The van der Waals surface area contributed by atoms with E-state index in [1.165, 1.54) is 32.3 Å². The summed E-state index contributed by atoms with van der Waals surface area (Å²) in [5.41, 5.74) is -0.0395. The van der Waals surface area contributed by atoms with Gasteiger partial charge >= 0.3 is 11.9 Å². The van der Waals surface area contributed by atoms with Crippen LogP contribution in [-0.4, -0.2) is 58.2 Å². The SMILES string of the molecule is COC(=O)C1=C(C(=O)OC)C(C(=O)N(C)C)C=C(Oc2ccccc2OC)C1. The van der Waals surface area contributed by atoms with Gasteiger partial charge in [0.05, 0.1) is 38.4 Å². The van der Waals surface area contributed by atoms with Crippen LogP contribution in [0, 0.1) is 5.92 Å². The van der Waals surface area contributed by atoms with Crippen LogP contribution in [0.25, 0.3) is 0 Å². The molecule has 1 atom stereocenters. The molecular weight excluding hydrogens is 366 g/mol. The van der Waals surface area contributed by atoms with Crippen molar-refractivity contribution in [1.82, 2.24) is 4.90 Å². The van der Waals surface area contributed by atoms with E-state index < -0.39 is 23.8 Å². The van der Waals surface area contributed by atoms with Gasteiger partial charge in [-0.3, -0.25) is 4.79 Å². The molecule has 1 aliphatic rings. The Morgan fingerprint density at radius 3 is 2.11 bits per heavy atom. The van der Waals surface area contributed by atoms with Crippen molar-refractivity contribution in [2.75, 3.05) is 35.4 Å². The molecule has 0 bridgehead atoms. The minimum atomic E-state index is -1.05. The summed E-state index contributed by atoms with van der Waals surface area (Å²) in [6, 6.07) is 6.97. The Labute approximate surface area is 163 Å². The van der Waals surface area contributed by atoms with Crippen molar-refractivity contribution in [3.8, 4) is 11.5 Å². The topological polar surface area (TPSA) is 91.4 Å². The molecule has 0 radical (unpaired) electrons. The fourth-order valence-electron chi connectivity index (χ4n) is 2.84. The molecule has 150 valence electrons. The number of amides is 1. The second-order valence-electron chi connectivity index (χ2n) is 6.15. The van der Waals surface area contributed by atoms with Gasteiger partial charge in [-0.25, -0.2) is 9.59 Å². The Morgan fingerprint density at radius 1 is 0.964 bits per heavy atom. The second kappa shape index (κ2) is 9.07. The zero-order valence-electron chi connectivity index (χ0n) is 16.5. The van der Waals surface area contributed by atoms with Gasteiger partial charge in [-0.1, -0.05) is 12.1 Å². The van der Waals surface area contributed by atoms with E-state index in [1.54, 1.807) is 38.4 Å². The van der Waals surface area contributed by atoms with Crippen LogP contribution in [0.1, 0.15) is 6.42 Å². The summed E-state index contributed by atoms with van der Waals surface area (Å²) in [4.78, 5) is 38.7. The van der Waals surface area contributed by atoms with Gasteiger partial charge in [0.1, 0.15) is 5.76 Å². The zero-order chi connectivity index (χ0) is 20.8. The van der Waals surface area contributed by atoms with Gasteiger partial charge in [0.25, 0.3) is 0 Å². The molecule has 0 spiro atoms. The Morgan fingerprint density at radius 2 is 1.57 bits per heavy atom. The Balaban J connectivity index is 2.53. The monoisotopic (exact) mass is 389 g/mol. The average molecular weight is 389 g/mol. The molecule has 1 unspecified atom stereocenters. The summed E-state index contributed by atoms with van der Waals surface area (Å²) in [6.45, 7) is 0. The van der Waals surface area contributed by atoms with Crippen LogP contribution in [0.3, 0.4) is 0 Å². The molecule has 1 aliphatic carbocycles. The summed E-state index contributed by atoms with van der Waals surface area (Å²) < 4.78 is 20.8. The molecule has 1 amide bonds. The highest BCUT2D eigenvalue weighted by atomic mass is 16.5. The molecule has 0 aliphatic heterocycles. The lowest BCUT2D eigenvalue weighted by Gasteiger charge is -2.26. The zero-order valence-corrected chi connectivity index (χ0v) is 16.5. The Bertz CT molecular complexity index is 839. The van der Waals surface area contributed by atoms with Gasteiger partial charge in [0.2, 0.25) is 5.91 Å². The molecule has 0 heterocycles. The molecule has 8 nitrogen and oxygen atoms in total. The van der Waals surface area contributed by atoms with E-state index in [-0.39, 0.29) is 17.6 Å². The molecule has 28 heavy (non-hydrogen) atoms. The number of benzene rings is 1. The van der Waals surface area contributed by atoms with Gasteiger partial charge < -0.3 is 23.8 Å². The minimum absolute atomic E-state index is 0.0157. The third-order valence-electron chi connectivity index (χ3n) is 4.19. The third kappa shape index (κ3) is 4.33. The van der Waals surface area contributed by atoms with Gasteiger partial charge in [0, 0.05) is 20.5 Å². The minimum Gasteiger partial charge on any atom is -0.493 e. The summed E-state index contributed by atoms with van der Waals surface area (Å²) in [5, 5.41) is 0. The molecule has 0 saturated heterocycles. The number of hydrogen-bond acceptors (Lipinski definition) is 7. The molecule has 0 aromatic heterocycles. The van der Waals surface area contributed by atoms with Gasteiger partial charge in [-0.05, 0) is 18.2 Å². The average Bonchev–Trinajstić information content (AvgIpc) is 2.71. The first-order valence-electron chi connectivity index (χ1n) is 8.46. The highest BCUT2D eigenvalue weighted by Gasteiger charge is 2.38. The maximum Gasteiger partial charge on any atom is 0.335 e. The summed E-state index contributed by atoms with van der Waals surface area (Å²) in [7, 11) is 7.00. The van der Waals surface area contributed by atoms with Crippen LogP contribution in [0.2, 0.25) is 0 Å². The van der Waals surface area contributed by atoms with Crippen LogP contribution >= 0.6 is 0 Å². The molecule has 2 rings (SSSR count). The first kappa shape index (κ1) is 21.0. The molecular formula is C20H23NO7. The molecule has 1 aromatic rings. The van der Waals surface area contributed by atoms with Crippen LogP contribution in [-0.2, 0) is 23.9 Å². The third-order valence-corrected chi connectivity index (χ3v) is 4.19. The number of esters is 2. The van der Waals surface area contributed by atoms with Crippen molar-refractivity contribution in [3.05, 3.63) is 47.2 Å². The van der Waals surface area contributed by atoms with Crippen LogP contribution in [0.15, 0.2) is 47.2 Å². The number of ether oxygens (including phenoxy) is 4. The highest BCUT2D eigenvalue weighted by molar-refractivity contribution is 6.06. The van der Waals surface area contributed by atoms with E-state index in [2.05, 4.69) is 0 Å². The first-order valence-corrected chi connectivity index (χ1v) is 8.46. The lowest BCUT2D eigenvalue weighted by molar-refractivity contribution is -0.141. The van der Waals surface area contributed by atoms with Gasteiger partial charge in [-0.2, -0.15) is 0 Å². The van der Waals surface area contributed by atoms with Crippen molar-refractivity contribution in [3.63, 3.8) is 0 Å². The number of carbonyl (C=O) groups is 3. The van der Waals surface area contributed by atoms with E-state index in [1.807, 2.05) is 0 Å². The number of para-hydroxylation sites is 2. The quantitative estimate of drug-likeness (QED) is 0.684. The lowest BCUT2D eigenvalue weighted by atomic mass is 9.85. The van der Waals surface area contributed by atoms with E-state index >= 15 is 0 Å². The van der Waals surface area contributed by atoms with Crippen LogP contribution < -0.4 is 9.47 Å². The Kier molecular flexibility index (Phi) is 6.81. The maximum atomic E-state index is 12.7. The van der Waals surface area contributed by atoms with E-state index in [0.29, 0.717) is 17.3 Å². The van der Waals surface area contributed by atoms with Crippen molar-refractivity contribution in [2.45, 2.75) is 6.42 Å². The van der Waals surface area contributed by atoms with Crippen molar-refractivity contribution >= 4 is 17.8 Å². The molecule has 0 fully saturated rings. The van der Waals surface area contributed by atoms with Crippen molar-refractivity contribution < 1.29 is 33.3 Å². The largest absolute Gasteiger partial charge is 0.493 e. The lowest BCUT2D eigenvalue weighted by Crippen LogP contribution is -2.35. The summed E-state index contributed by atoms with van der Waals surface area (Å²) in [5.74, 6) is -1.73. The normalized spacial score (nSPS) is 16.0. The molecule has 0 saturated carbocycles. The highest BCUT2D eigenvalue weighted by Crippen LogP contribution is 2.35. The number of nitrogens with zero attached hydrogens (tertiary/aromatic N) is 1. The molecule has 1 aromatic carbocycles. The van der Waals surface area contributed by atoms with Crippen molar-refractivity contribution in [1.29, 1.82) is 0 Å². The van der Waals surface area contributed by atoms with Gasteiger partial charge in [-0.15, -0.1) is 0 Å². The van der Waals surface area contributed by atoms with Crippen LogP contribution in [0.4, 0.5) is 0 Å². The van der Waals surface area contributed by atoms with E-state index in [4.69, 9.17) is 18.9 Å². The van der Waals surface area contributed by atoms with E-state index in [0.717, 1.165) is 0 Å². The first-order chi connectivity index (χ1) is 13.3. The van der Waals surface area contributed by atoms with Crippen LogP contribution in [0.5, 0.6) is 11.5 Å². The molecule has 8 heteroatoms. The number of rotatable bonds is 6. The predicted octanol–water partition coefficient (Wildman–Crippen LogP) is 1.71. The summed E-state index contributed by atoms with van der Waals surface area (Å²) >= 11 is 0. The van der Waals surface area contributed by atoms with E-state index in [9.17, 15) is 14.4 Å².